The molecule has 0 saturated heterocycles. The molecule has 0 bridgehead atoms. The highest BCUT2D eigenvalue weighted by molar-refractivity contribution is 6.09. The van der Waals surface area contributed by atoms with Gasteiger partial charge < -0.3 is 10.1 Å². The van der Waals surface area contributed by atoms with Crippen LogP contribution in [0.25, 0.3) is 32.9 Å². The summed E-state index contributed by atoms with van der Waals surface area (Å²) in [5.41, 5.74) is 0.801. The SMILES string of the molecule is O=C(O)c1c(-c2ccc(F)cc2)c2cc3cn[nH]c3cc2[nH]c1=O. The Morgan fingerprint density at radius 2 is 1.88 bits per heavy atom. The molecule has 7 heteroatoms. The Kier molecular flexibility index (Phi) is 2.96. The first-order chi connectivity index (χ1) is 11.5. The van der Waals surface area contributed by atoms with Gasteiger partial charge in [0.15, 0.2) is 0 Å². The quantitative estimate of drug-likeness (QED) is 0.528. The molecule has 0 aliphatic carbocycles. The minimum atomic E-state index is -1.34. The number of aromatic nitrogens is 3. The molecule has 0 spiro atoms. The maximum atomic E-state index is 13.2. The van der Waals surface area contributed by atoms with Crippen LogP contribution in [0.1, 0.15) is 10.4 Å². The molecule has 0 aliphatic heterocycles. The summed E-state index contributed by atoms with van der Waals surface area (Å²) in [5.74, 6) is -1.79. The zero-order chi connectivity index (χ0) is 16.8. The molecule has 0 aliphatic rings. The maximum Gasteiger partial charge on any atom is 0.342 e. The summed E-state index contributed by atoms with van der Waals surface area (Å²) in [6, 6.07) is 8.80. The predicted molar refractivity (Wildman–Crippen MR) is 86.6 cm³/mol. The van der Waals surface area contributed by atoms with Crippen molar-refractivity contribution in [2.24, 2.45) is 0 Å². The number of hydrogen-bond acceptors (Lipinski definition) is 3. The Morgan fingerprint density at radius 1 is 1.12 bits per heavy atom. The van der Waals surface area contributed by atoms with Gasteiger partial charge in [0.25, 0.3) is 5.56 Å². The topological polar surface area (TPSA) is 98.8 Å². The summed E-state index contributed by atoms with van der Waals surface area (Å²) in [5, 5.41) is 17.5. The van der Waals surface area contributed by atoms with Gasteiger partial charge in [0.05, 0.1) is 17.2 Å². The number of hydrogen-bond donors (Lipinski definition) is 3. The van der Waals surface area contributed by atoms with Gasteiger partial charge in [0.1, 0.15) is 11.4 Å². The fourth-order valence-corrected chi connectivity index (χ4v) is 2.86. The Labute approximate surface area is 133 Å². The standard InChI is InChI=1S/C17H10FN3O3/c18-10-3-1-8(2-4-10)14-11-5-9-7-19-21-12(9)6-13(11)20-16(22)15(14)17(23)24/h1-7H,(H,19,21)(H,20,22)(H,23,24). The molecule has 24 heavy (non-hydrogen) atoms. The molecule has 118 valence electrons. The molecular formula is C17H10FN3O3. The number of fused-ring (bicyclic) bond motifs is 2. The van der Waals surface area contributed by atoms with E-state index in [1.54, 1.807) is 18.3 Å². The van der Waals surface area contributed by atoms with Gasteiger partial charge >= 0.3 is 5.97 Å². The second kappa shape index (κ2) is 5.02. The van der Waals surface area contributed by atoms with Gasteiger partial charge in [0.2, 0.25) is 0 Å². The van der Waals surface area contributed by atoms with E-state index in [1.165, 1.54) is 24.3 Å². The fraction of sp³-hybridized carbons (Fsp3) is 0. The van der Waals surface area contributed by atoms with Crippen molar-refractivity contribution in [1.82, 2.24) is 15.2 Å². The maximum absolute atomic E-state index is 13.2. The van der Waals surface area contributed by atoms with E-state index in [0.717, 1.165) is 5.39 Å². The summed E-state index contributed by atoms with van der Waals surface area (Å²) in [6.45, 7) is 0. The van der Waals surface area contributed by atoms with Crippen LogP contribution >= 0.6 is 0 Å². The van der Waals surface area contributed by atoms with E-state index in [4.69, 9.17) is 0 Å². The summed E-state index contributed by atoms with van der Waals surface area (Å²) >= 11 is 0. The van der Waals surface area contributed by atoms with Crippen LogP contribution in [0.5, 0.6) is 0 Å². The van der Waals surface area contributed by atoms with Gasteiger partial charge in [-0.2, -0.15) is 5.10 Å². The fourth-order valence-electron chi connectivity index (χ4n) is 2.86. The summed E-state index contributed by atoms with van der Waals surface area (Å²) < 4.78 is 13.2. The molecule has 4 rings (SSSR count). The Balaban J connectivity index is 2.20. The summed E-state index contributed by atoms with van der Waals surface area (Å²) in [4.78, 5) is 26.5. The molecule has 4 aromatic rings. The third-order valence-corrected chi connectivity index (χ3v) is 3.92. The second-order valence-corrected chi connectivity index (χ2v) is 5.37. The van der Waals surface area contributed by atoms with Crippen LogP contribution < -0.4 is 5.56 Å². The van der Waals surface area contributed by atoms with Crippen LogP contribution in [-0.4, -0.2) is 26.3 Å². The van der Waals surface area contributed by atoms with Crippen LogP contribution in [0.3, 0.4) is 0 Å². The normalized spacial score (nSPS) is 11.2. The summed E-state index contributed by atoms with van der Waals surface area (Å²) in [6.07, 6.45) is 1.61. The molecular weight excluding hydrogens is 313 g/mol. The molecule has 6 nitrogen and oxygen atoms in total. The lowest BCUT2D eigenvalue weighted by Gasteiger charge is -2.10. The number of pyridine rings is 1. The van der Waals surface area contributed by atoms with Crippen molar-refractivity contribution in [3.05, 3.63) is 64.3 Å². The van der Waals surface area contributed by atoms with Crippen molar-refractivity contribution in [3.63, 3.8) is 0 Å². The third kappa shape index (κ3) is 2.06. The number of nitrogens with zero attached hydrogens (tertiary/aromatic N) is 1. The van der Waals surface area contributed by atoms with Crippen molar-refractivity contribution < 1.29 is 14.3 Å². The van der Waals surface area contributed by atoms with Crippen molar-refractivity contribution in [3.8, 4) is 11.1 Å². The molecule has 2 heterocycles. The Bertz CT molecular complexity index is 1160. The number of H-pyrrole nitrogens is 2. The second-order valence-electron chi connectivity index (χ2n) is 5.37. The van der Waals surface area contributed by atoms with Gasteiger partial charge in [-0.1, -0.05) is 12.1 Å². The van der Waals surface area contributed by atoms with Gasteiger partial charge in [-0.05, 0) is 29.8 Å². The lowest BCUT2D eigenvalue weighted by atomic mass is 9.95. The minimum absolute atomic E-state index is 0.254. The van der Waals surface area contributed by atoms with Crippen LogP contribution in [0.15, 0.2) is 47.4 Å². The number of aromatic carboxylic acids is 1. The lowest BCUT2D eigenvalue weighted by Crippen LogP contribution is -2.19. The van der Waals surface area contributed by atoms with E-state index in [0.29, 0.717) is 22.0 Å². The lowest BCUT2D eigenvalue weighted by molar-refractivity contribution is 0.0696. The molecule has 0 radical (unpaired) electrons. The van der Waals surface area contributed by atoms with Gasteiger partial charge in [-0.3, -0.25) is 9.89 Å². The minimum Gasteiger partial charge on any atom is -0.477 e. The highest BCUT2D eigenvalue weighted by Crippen LogP contribution is 2.32. The van der Waals surface area contributed by atoms with E-state index >= 15 is 0 Å². The van der Waals surface area contributed by atoms with Crippen molar-refractivity contribution in [1.29, 1.82) is 0 Å². The van der Waals surface area contributed by atoms with Gasteiger partial charge in [0, 0.05) is 16.3 Å². The average Bonchev–Trinajstić information content (AvgIpc) is 2.99. The number of rotatable bonds is 2. The molecule has 2 aromatic heterocycles. The van der Waals surface area contributed by atoms with E-state index in [1.807, 2.05) is 0 Å². The van der Waals surface area contributed by atoms with Crippen LogP contribution in [0, 0.1) is 5.82 Å². The molecule has 0 amide bonds. The van der Waals surface area contributed by atoms with Crippen LogP contribution in [0.2, 0.25) is 0 Å². The number of carbonyl (C=O) groups is 1. The first kappa shape index (κ1) is 14.1. The predicted octanol–water partition coefficient (Wildman–Crippen LogP) is 2.91. The average molecular weight is 323 g/mol. The molecule has 0 atom stereocenters. The Hall–Kier alpha value is -3.48. The molecule has 0 saturated carbocycles. The molecule has 2 aromatic carbocycles. The van der Waals surface area contributed by atoms with Gasteiger partial charge in [-0.25, -0.2) is 9.18 Å². The first-order valence-corrected chi connectivity index (χ1v) is 7.07. The van der Waals surface area contributed by atoms with E-state index < -0.39 is 17.3 Å². The zero-order valence-electron chi connectivity index (χ0n) is 12.1. The van der Waals surface area contributed by atoms with Crippen molar-refractivity contribution >= 4 is 27.8 Å². The van der Waals surface area contributed by atoms with E-state index in [-0.39, 0.29) is 11.1 Å². The third-order valence-electron chi connectivity index (χ3n) is 3.92. The number of nitrogens with one attached hydrogen (secondary N) is 2. The summed E-state index contributed by atoms with van der Waals surface area (Å²) in [7, 11) is 0. The van der Waals surface area contributed by atoms with Crippen LogP contribution in [0.4, 0.5) is 4.39 Å². The molecule has 0 unspecified atom stereocenters. The number of benzene rings is 2. The van der Waals surface area contributed by atoms with Crippen LogP contribution in [-0.2, 0) is 0 Å². The monoisotopic (exact) mass is 323 g/mol. The van der Waals surface area contributed by atoms with Crippen molar-refractivity contribution in [2.75, 3.05) is 0 Å². The van der Waals surface area contributed by atoms with E-state index in [2.05, 4.69) is 15.2 Å². The van der Waals surface area contributed by atoms with Gasteiger partial charge in [-0.15, -0.1) is 0 Å². The Morgan fingerprint density at radius 3 is 2.58 bits per heavy atom. The number of halogens is 1. The smallest absolute Gasteiger partial charge is 0.342 e. The molecule has 3 N–H and O–H groups in total. The highest BCUT2D eigenvalue weighted by atomic mass is 19.1. The number of aromatic amines is 2. The molecule has 0 fully saturated rings. The first-order valence-electron chi connectivity index (χ1n) is 7.07. The highest BCUT2D eigenvalue weighted by Gasteiger charge is 2.20. The zero-order valence-corrected chi connectivity index (χ0v) is 12.1. The van der Waals surface area contributed by atoms with E-state index in [9.17, 15) is 19.1 Å². The largest absolute Gasteiger partial charge is 0.477 e. The number of carboxylic acids is 1. The van der Waals surface area contributed by atoms with Crippen molar-refractivity contribution in [2.45, 2.75) is 0 Å². The number of carboxylic acid groups (broad SMARTS) is 1.